The number of nitrogens with one attached hydrogen (secondary N) is 2. The van der Waals surface area contributed by atoms with Crippen LogP contribution in [0.15, 0.2) is 109 Å². The highest BCUT2D eigenvalue weighted by Crippen LogP contribution is 2.39. The zero-order chi connectivity index (χ0) is 61.2. The number of pyridine rings is 2. The van der Waals surface area contributed by atoms with Crippen LogP contribution >= 0.6 is 0 Å². The number of methoxy groups -OCH3 is 1. The van der Waals surface area contributed by atoms with E-state index in [-0.39, 0.29) is 52.4 Å². The van der Waals surface area contributed by atoms with Gasteiger partial charge >= 0.3 is 24.1 Å². The van der Waals surface area contributed by atoms with E-state index in [0.29, 0.717) is 23.3 Å². The number of carboxylic acids is 1. The summed E-state index contributed by atoms with van der Waals surface area (Å²) in [7, 11) is 1.29. The van der Waals surface area contributed by atoms with Gasteiger partial charge in [-0.05, 0) is 70.5 Å². The van der Waals surface area contributed by atoms with Crippen molar-refractivity contribution in [3.8, 4) is 45.5 Å². The Hall–Kier alpha value is -8.68. The molecule has 10 rings (SSSR count). The summed E-state index contributed by atoms with van der Waals surface area (Å²) in [4.78, 5) is 91.4. The van der Waals surface area contributed by atoms with Gasteiger partial charge in [-0.25, -0.2) is 29.1 Å². The van der Waals surface area contributed by atoms with E-state index in [1.54, 1.807) is 20.8 Å². The summed E-state index contributed by atoms with van der Waals surface area (Å²) in [5.74, 6) is -0.644. The molecule has 6 atom stereocenters. The first-order valence-corrected chi connectivity index (χ1v) is 28.5. The molecular formula is C65H76N6O14. The number of carbonyl (C=O) groups excluding carboxylic acids is 5. The Labute approximate surface area is 494 Å². The second-order valence-electron chi connectivity index (χ2n) is 25.9. The minimum absolute atomic E-state index is 0.0171. The Morgan fingerprint density at radius 1 is 0.565 bits per heavy atom. The highest BCUT2D eigenvalue weighted by Gasteiger charge is 2.48. The number of hydrogen-bond acceptors (Lipinski definition) is 15. The van der Waals surface area contributed by atoms with Crippen LogP contribution in [0.5, 0.6) is 23.3 Å². The van der Waals surface area contributed by atoms with Crippen LogP contribution in [0.4, 0.5) is 9.59 Å². The van der Waals surface area contributed by atoms with Crippen molar-refractivity contribution in [1.29, 1.82) is 0 Å². The van der Waals surface area contributed by atoms with Gasteiger partial charge in [0.25, 0.3) is 0 Å². The van der Waals surface area contributed by atoms with Crippen LogP contribution in [0.2, 0.25) is 0 Å². The van der Waals surface area contributed by atoms with Crippen molar-refractivity contribution in [3.05, 3.63) is 109 Å². The Morgan fingerprint density at radius 3 is 1.38 bits per heavy atom. The lowest BCUT2D eigenvalue weighted by Crippen LogP contribution is -2.57. The topological polar surface area (TPSA) is 244 Å². The molecule has 0 saturated carbocycles. The Balaban J connectivity index is 0.000000204. The number of cyclic esters (lactones) is 2. The summed E-state index contributed by atoms with van der Waals surface area (Å²) in [5.41, 5.74) is 2.11. The van der Waals surface area contributed by atoms with E-state index in [0.717, 1.165) is 44.1 Å². The van der Waals surface area contributed by atoms with E-state index >= 15 is 0 Å². The number of rotatable bonds is 2. The third kappa shape index (κ3) is 14.5. The first-order chi connectivity index (χ1) is 40.1. The van der Waals surface area contributed by atoms with E-state index in [2.05, 4.69) is 10.6 Å². The zero-order valence-electron chi connectivity index (χ0n) is 50.1. The zero-order valence-corrected chi connectivity index (χ0v) is 50.1. The summed E-state index contributed by atoms with van der Waals surface area (Å²) in [6.07, 6.45) is -2.43. The van der Waals surface area contributed by atoms with Crippen LogP contribution in [-0.2, 0) is 33.4 Å². The molecule has 2 fully saturated rings. The van der Waals surface area contributed by atoms with Crippen molar-refractivity contribution in [2.75, 3.05) is 46.6 Å². The smallest absolute Gasteiger partial charge is 0.407 e. The molecule has 20 nitrogen and oxygen atoms in total. The van der Waals surface area contributed by atoms with Crippen LogP contribution in [0, 0.1) is 21.7 Å². The predicted molar refractivity (Wildman–Crippen MR) is 317 cm³/mol. The maximum atomic E-state index is 14.0. The van der Waals surface area contributed by atoms with Crippen LogP contribution in [0.25, 0.3) is 44.1 Å². The first-order valence-electron chi connectivity index (χ1n) is 28.5. The minimum atomic E-state index is -1.14. The molecule has 0 spiro atoms. The molecular weight excluding hydrogens is 1090 g/mol. The SMILES string of the molecule is CC1(C)COC(=O)N[C@@H](C(C)(C)C)C(=O)N2C[C@@H](C[C@H]2C(=O)O)Oc2nc3ccccc3cc2-c2cccc(c2)OC1.COC(=O)[C@@H]1C[C@@H]2CN1C(=O)[C@H](C(C)(C)C)NC(=O)OCC(C)(C)COc1cccc(c1)-c1cc3ccccc3nc1O2. The molecule has 0 aliphatic carbocycles. The fourth-order valence-electron chi connectivity index (χ4n) is 10.6. The maximum absolute atomic E-state index is 14.0. The predicted octanol–water partition coefficient (Wildman–Crippen LogP) is 9.88. The Morgan fingerprint density at radius 2 is 0.965 bits per heavy atom. The van der Waals surface area contributed by atoms with Gasteiger partial charge in [-0.1, -0.05) is 130 Å². The number of carbonyl (C=O) groups is 6. The number of carboxylic acid groups (broad SMARTS) is 1. The quantitative estimate of drug-likeness (QED) is 0.108. The number of nitrogens with zero attached hydrogens (tertiary/aromatic N) is 4. The molecule has 85 heavy (non-hydrogen) atoms. The van der Waals surface area contributed by atoms with Gasteiger partial charge in [0.1, 0.15) is 61.1 Å². The second-order valence-corrected chi connectivity index (χ2v) is 25.9. The van der Waals surface area contributed by atoms with Crippen molar-refractivity contribution >= 4 is 57.7 Å². The average Bonchev–Trinajstić information content (AvgIpc) is 2.86. The van der Waals surface area contributed by atoms with Crippen LogP contribution < -0.4 is 29.6 Å². The summed E-state index contributed by atoms with van der Waals surface area (Å²) < 4.78 is 41.4. The van der Waals surface area contributed by atoms with Crippen LogP contribution in [0.3, 0.4) is 0 Å². The van der Waals surface area contributed by atoms with Gasteiger partial charge in [-0.15, -0.1) is 0 Å². The Bertz CT molecular complexity index is 3500. The van der Waals surface area contributed by atoms with Gasteiger partial charge < -0.3 is 58.7 Å². The molecule has 4 aliphatic rings. The molecule has 0 radical (unpaired) electrons. The first kappa shape index (κ1) is 60.9. The van der Waals surface area contributed by atoms with Crippen molar-refractivity contribution < 1.29 is 67.0 Å². The van der Waals surface area contributed by atoms with E-state index in [1.165, 1.54) is 16.9 Å². The molecule has 3 N–H and O–H groups in total. The number of aliphatic carboxylic acids is 1. The van der Waals surface area contributed by atoms with Gasteiger partial charge in [0.05, 0.1) is 44.4 Å². The third-order valence-electron chi connectivity index (χ3n) is 15.3. The van der Waals surface area contributed by atoms with Crippen molar-refractivity contribution in [2.24, 2.45) is 21.7 Å². The summed E-state index contributed by atoms with van der Waals surface area (Å²) in [5, 5.41) is 17.4. The van der Waals surface area contributed by atoms with Crippen molar-refractivity contribution in [1.82, 2.24) is 30.4 Å². The molecule has 4 aromatic carbocycles. The lowest BCUT2D eigenvalue weighted by molar-refractivity contribution is -0.152. The van der Waals surface area contributed by atoms with Crippen molar-refractivity contribution in [3.63, 3.8) is 0 Å². The van der Waals surface area contributed by atoms with Crippen molar-refractivity contribution in [2.45, 2.75) is 118 Å². The highest BCUT2D eigenvalue weighted by atomic mass is 16.6. The largest absolute Gasteiger partial charge is 0.493 e. The highest BCUT2D eigenvalue weighted by molar-refractivity contribution is 5.93. The number of hydrogen-bond donors (Lipinski definition) is 3. The normalized spacial score (nSPS) is 22.8. The summed E-state index contributed by atoms with van der Waals surface area (Å²) in [6.45, 7) is 19.4. The molecule has 6 heterocycles. The van der Waals surface area contributed by atoms with Crippen LogP contribution in [0.1, 0.15) is 82.1 Å². The van der Waals surface area contributed by atoms with Gasteiger partial charge in [0.2, 0.25) is 23.6 Å². The molecule has 4 amide bonds. The average molecular weight is 1170 g/mol. The molecule has 450 valence electrons. The van der Waals surface area contributed by atoms with Gasteiger partial charge in [0.15, 0.2) is 0 Å². The molecule has 6 aromatic rings. The number of alkyl carbamates (subject to hydrolysis) is 2. The number of amides is 4. The Kier molecular flexibility index (Phi) is 17.6. The van der Waals surface area contributed by atoms with E-state index in [1.807, 2.05) is 158 Å². The van der Waals surface area contributed by atoms with Gasteiger partial charge in [-0.3, -0.25) is 9.59 Å². The molecule has 8 bridgehead atoms. The number of aromatic nitrogens is 2. The van der Waals surface area contributed by atoms with E-state index < -0.39 is 94.0 Å². The minimum Gasteiger partial charge on any atom is -0.493 e. The fourth-order valence-corrected chi connectivity index (χ4v) is 10.6. The summed E-state index contributed by atoms with van der Waals surface area (Å²) >= 11 is 0. The number of esters is 1. The molecule has 4 aliphatic heterocycles. The number of benzene rings is 4. The molecule has 20 heteroatoms. The maximum Gasteiger partial charge on any atom is 0.407 e. The fraction of sp³-hybridized carbons (Fsp3) is 0.446. The summed E-state index contributed by atoms with van der Waals surface area (Å²) in [6, 6.07) is 30.6. The second kappa shape index (κ2) is 24.5. The van der Waals surface area contributed by atoms with E-state index in [9.17, 15) is 33.9 Å². The van der Waals surface area contributed by atoms with E-state index in [4.69, 9.17) is 43.1 Å². The molecule has 2 aromatic heterocycles. The van der Waals surface area contributed by atoms with Gasteiger partial charge in [0, 0.05) is 45.6 Å². The number of fused-ring (bicyclic) bond motifs is 14. The number of para-hydroxylation sites is 2. The lowest BCUT2D eigenvalue weighted by Gasteiger charge is -2.35. The van der Waals surface area contributed by atoms with Crippen LogP contribution in [-0.4, -0.2) is 144 Å². The standard InChI is InChI=1S/C33H39N3O7.C32H37N3O7/c1-32(2,3)27-29(37)36-17-23(16-26(36)30(38)40-6)43-28-24(15-21-10-7-8-13-25(21)34-28)20-11-9-12-22(14-20)41-18-33(4,5)19-42-31(39)35-27;1-31(2,3)26-28(36)35-16-22(15-25(35)29(37)38)42-27-23(14-20-9-6-7-12-24(20)33-27)19-10-8-11-21(13-19)40-17-32(4,5)18-41-30(39)34-26/h7-15,23,26-27H,16-19H2,1-6H3,(H,35,39);6-14,22,25-26H,15-18H2,1-5H3,(H,34,39)(H,37,38)/t23-,26+,27-;22-,25+,26-/m11/s1. The number of ether oxygens (including phenoxy) is 7. The third-order valence-corrected chi connectivity index (χ3v) is 15.3. The molecule has 2 saturated heterocycles. The monoisotopic (exact) mass is 1160 g/mol. The molecule has 0 unspecified atom stereocenters. The lowest BCUT2D eigenvalue weighted by atomic mass is 9.85. The van der Waals surface area contributed by atoms with Gasteiger partial charge in [-0.2, -0.15) is 0 Å².